The van der Waals surface area contributed by atoms with Crippen molar-refractivity contribution in [1.82, 2.24) is 9.97 Å². The number of fused-ring (bicyclic) bond motifs is 1. The summed E-state index contributed by atoms with van der Waals surface area (Å²) in [6.07, 6.45) is 0. The molecule has 2 heterocycles. The van der Waals surface area contributed by atoms with Gasteiger partial charge < -0.3 is 4.98 Å². The topological polar surface area (TPSA) is 45.8 Å². The van der Waals surface area contributed by atoms with Gasteiger partial charge in [-0.15, -0.1) is 11.3 Å². The standard InChI is InChI=1S/C13H9BrN2OS/c1-7-15-12(17)11-10(6-18-13(11)16-7)8-2-4-9(14)5-3-8/h2-6H,1H3,(H,15,16,17). The highest BCUT2D eigenvalue weighted by molar-refractivity contribution is 9.10. The van der Waals surface area contributed by atoms with Crippen LogP contribution in [0.15, 0.2) is 38.9 Å². The van der Waals surface area contributed by atoms with Gasteiger partial charge in [-0.25, -0.2) is 4.98 Å². The lowest BCUT2D eigenvalue weighted by Crippen LogP contribution is -2.08. The largest absolute Gasteiger partial charge is 0.310 e. The molecule has 1 aromatic carbocycles. The van der Waals surface area contributed by atoms with Gasteiger partial charge in [0.2, 0.25) is 0 Å². The molecule has 1 N–H and O–H groups in total. The molecule has 0 saturated carbocycles. The molecule has 0 radical (unpaired) electrons. The van der Waals surface area contributed by atoms with E-state index in [1.165, 1.54) is 11.3 Å². The maximum Gasteiger partial charge on any atom is 0.260 e. The zero-order valence-electron chi connectivity index (χ0n) is 9.53. The predicted molar refractivity (Wildman–Crippen MR) is 78.1 cm³/mol. The highest BCUT2D eigenvalue weighted by Gasteiger charge is 2.11. The van der Waals surface area contributed by atoms with Crippen LogP contribution in [0.1, 0.15) is 5.82 Å². The lowest BCUT2D eigenvalue weighted by molar-refractivity contribution is 1.07. The smallest absolute Gasteiger partial charge is 0.260 e. The number of H-pyrrole nitrogens is 1. The number of halogens is 1. The number of aryl methyl sites for hydroxylation is 1. The van der Waals surface area contributed by atoms with Gasteiger partial charge in [0.25, 0.3) is 5.56 Å². The second-order valence-corrected chi connectivity index (χ2v) is 5.76. The molecule has 2 aromatic heterocycles. The molecule has 0 aliphatic carbocycles. The molecule has 0 spiro atoms. The number of hydrogen-bond acceptors (Lipinski definition) is 3. The third-order valence-electron chi connectivity index (χ3n) is 2.72. The van der Waals surface area contributed by atoms with Gasteiger partial charge in [-0.1, -0.05) is 28.1 Å². The highest BCUT2D eigenvalue weighted by atomic mass is 79.9. The Morgan fingerprint density at radius 1 is 1.28 bits per heavy atom. The van der Waals surface area contributed by atoms with Crippen LogP contribution in [-0.2, 0) is 0 Å². The summed E-state index contributed by atoms with van der Waals surface area (Å²) in [5.41, 5.74) is 1.90. The van der Waals surface area contributed by atoms with Crippen molar-refractivity contribution in [1.29, 1.82) is 0 Å². The van der Waals surface area contributed by atoms with Crippen LogP contribution >= 0.6 is 27.3 Å². The number of nitrogens with zero attached hydrogens (tertiary/aromatic N) is 1. The molecular weight excluding hydrogens is 312 g/mol. The molecule has 0 atom stereocenters. The first kappa shape index (κ1) is 11.6. The van der Waals surface area contributed by atoms with Gasteiger partial charge in [0.1, 0.15) is 10.7 Å². The average molecular weight is 321 g/mol. The van der Waals surface area contributed by atoms with E-state index in [0.717, 1.165) is 20.4 Å². The predicted octanol–water partition coefficient (Wildman–Crippen LogP) is 3.72. The molecule has 0 aliphatic rings. The van der Waals surface area contributed by atoms with Crippen LogP contribution in [-0.4, -0.2) is 9.97 Å². The van der Waals surface area contributed by atoms with Gasteiger partial charge in [0, 0.05) is 15.4 Å². The Morgan fingerprint density at radius 3 is 2.72 bits per heavy atom. The van der Waals surface area contributed by atoms with E-state index in [9.17, 15) is 4.79 Å². The summed E-state index contributed by atoms with van der Waals surface area (Å²) in [4.78, 5) is 19.9. The molecule has 0 aliphatic heterocycles. The number of hydrogen-bond donors (Lipinski definition) is 1. The Balaban J connectivity index is 2.30. The van der Waals surface area contributed by atoms with Crippen LogP contribution in [0.4, 0.5) is 0 Å². The fourth-order valence-electron chi connectivity index (χ4n) is 1.90. The molecule has 90 valence electrons. The number of benzene rings is 1. The first-order chi connectivity index (χ1) is 8.65. The van der Waals surface area contributed by atoms with Gasteiger partial charge in [0.05, 0.1) is 5.39 Å². The van der Waals surface area contributed by atoms with Gasteiger partial charge in [0.15, 0.2) is 0 Å². The zero-order chi connectivity index (χ0) is 12.7. The molecular formula is C13H9BrN2OS. The lowest BCUT2D eigenvalue weighted by Gasteiger charge is -2.00. The minimum absolute atomic E-state index is 0.0725. The Kier molecular flexibility index (Phi) is 2.80. The number of aromatic amines is 1. The van der Waals surface area contributed by atoms with E-state index in [0.29, 0.717) is 11.2 Å². The van der Waals surface area contributed by atoms with E-state index in [1.807, 2.05) is 29.6 Å². The van der Waals surface area contributed by atoms with Gasteiger partial charge in [-0.05, 0) is 24.6 Å². The number of nitrogens with one attached hydrogen (secondary N) is 1. The van der Waals surface area contributed by atoms with Crippen molar-refractivity contribution in [3.63, 3.8) is 0 Å². The monoisotopic (exact) mass is 320 g/mol. The van der Waals surface area contributed by atoms with Crippen molar-refractivity contribution in [2.45, 2.75) is 6.92 Å². The fourth-order valence-corrected chi connectivity index (χ4v) is 3.16. The van der Waals surface area contributed by atoms with Crippen molar-refractivity contribution in [3.8, 4) is 11.1 Å². The Hall–Kier alpha value is -1.46. The van der Waals surface area contributed by atoms with Crippen LogP contribution < -0.4 is 5.56 Å². The normalized spacial score (nSPS) is 11.0. The highest BCUT2D eigenvalue weighted by Crippen LogP contribution is 2.31. The fraction of sp³-hybridized carbons (Fsp3) is 0.0769. The van der Waals surface area contributed by atoms with Crippen molar-refractivity contribution >= 4 is 37.5 Å². The molecule has 0 fully saturated rings. The minimum Gasteiger partial charge on any atom is -0.310 e. The second kappa shape index (κ2) is 4.33. The SMILES string of the molecule is Cc1nc2scc(-c3ccc(Br)cc3)c2c(=O)[nH]1. The summed E-state index contributed by atoms with van der Waals surface area (Å²) in [6.45, 7) is 1.79. The molecule has 0 bridgehead atoms. The van der Waals surface area contributed by atoms with Gasteiger partial charge in [-0.3, -0.25) is 4.79 Å². The maximum absolute atomic E-state index is 12.0. The van der Waals surface area contributed by atoms with E-state index in [2.05, 4.69) is 25.9 Å². The van der Waals surface area contributed by atoms with Crippen molar-refractivity contribution in [2.24, 2.45) is 0 Å². The minimum atomic E-state index is -0.0725. The summed E-state index contributed by atoms with van der Waals surface area (Å²) in [5.74, 6) is 0.650. The number of thiophene rings is 1. The summed E-state index contributed by atoms with van der Waals surface area (Å²) in [6, 6.07) is 7.92. The molecule has 0 saturated heterocycles. The van der Waals surface area contributed by atoms with Crippen molar-refractivity contribution < 1.29 is 0 Å². The number of rotatable bonds is 1. The number of aromatic nitrogens is 2. The van der Waals surface area contributed by atoms with Crippen LogP contribution in [0, 0.1) is 6.92 Å². The first-order valence-electron chi connectivity index (χ1n) is 5.39. The molecule has 18 heavy (non-hydrogen) atoms. The lowest BCUT2D eigenvalue weighted by atomic mass is 10.1. The van der Waals surface area contributed by atoms with E-state index in [1.54, 1.807) is 6.92 Å². The molecule has 3 nitrogen and oxygen atoms in total. The van der Waals surface area contributed by atoms with E-state index in [4.69, 9.17) is 0 Å². The van der Waals surface area contributed by atoms with Crippen LogP contribution in [0.5, 0.6) is 0 Å². The average Bonchev–Trinajstić information content (AvgIpc) is 2.74. The first-order valence-corrected chi connectivity index (χ1v) is 7.06. The van der Waals surface area contributed by atoms with Gasteiger partial charge in [-0.2, -0.15) is 0 Å². The molecule has 0 unspecified atom stereocenters. The summed E-state index contributed by atoms with van der Waals surface area (Å²) in [5, 5.41) is 2.66. The molecule has 3 aromatic rings. The van der Waals surface area contributed by atoms with Crippen LogP contribution in [0.3, 0.4) is 0 Å². The maximum atomic E-state index is 12.0. The molecule has 3 rings (SSSR count). The van der Waals surface area contributed by atoms with E-state index in [-0.39, 0.29) is 5.56 Å². The second-order valence-electron chi connectivity index (χ2n) is 3.99. The summed E-state index contributed by atoms with van der Waals surface area (Å²) >= 11 is 4.90. The van der Waals surface area contributed by atoms with Crippen LogP contribution in [0.2, 0.25) is 0 Å². The summed E-state index contributed by atoms with van der Waals surface area (Å²) < 4.78 is 1.02. The van der Waals surface area contributed by atoms with Crippen molar-refractivity contribution in [2.75, 3.05) is 0 Å². The third-order valence-corrected chi connectivity index (χ3v) is 4.12. The Bertz CT molecular complexity index is 774. The Morgan fingerprint density at radius 2 is 2.00 bits per heavy atom. The van der Waals surface area contributed by atoms with Gasteiger partial charge >= 0.3 is 0 Å². The van der Waals surface area contributed by atoms with Crippen molar-refractivity contribution in [3.05, 3.63) is 50.3 Å². The van der Waals surface area contributed by atoms with E-state index >= 15 is 0 Å². The molecule has 0 amide bonds. The zero-order valence-corrected chi connectivity index (χ0v) is 11.9. The molecule has 5 heteroatoms. The quantitative estimate of drug-likeness (QED) is 0.742. The third kappa shape index (κ3) is 1.89. The summed E-state index contributed by atoms with van der Waals surface area (Å²) in [7, 11) is 0. The van der Waals surface area contributed by atoms with E-state index < -0.39 is 0 Å². The Labute approximate surface area is 116 Å². The van der Waals surface area contributed by atoms with Crippen LogP contribution in [0.25, 0.3) is 21.3 Å².